The molecule has 0 radical (unpaired) electrons. The number of aryl methyl sites for hydroxylation is 1. The Labute approximate surface area is 265 Å². The van der Waals surface area contributed by atoms with Gasteiger partial charge in [0, 0.05) is 10.5 Å². The summed E-state index contributed by atoms with van der Waals surface area (Å²) < 4.78 is 33.0. The minimum absolute atomic E-state index is 0.237. The van der Waals surface area contributed by atoms with Gasteiger partial charge in [0.15, 0.2) is 0 Å². The number of benzene rings is 5. The molecule has 0 amide bonds. The van der Waals surface area contributed by atoms with E-state index in [1.165, 1.54) is 12.7 Å². The molecule has 5 heterocycles. The zero-order chi connectivity index (χ0) is 32.9. The molecule has 0 aliphatic heterocycles. The van der Waals surface area contributed by atoms with E-state index in [2.05, 4.69) is 77.0 Å². The normalized spacial score (nSPS) is 13.3. The maximum absolute atomic E-state index is 8.17. The molecule has 0 saturated carbocycles. The average Bonchev–Trinajstić information content (AvgIpc) is 3.85. The molecule has 0 atom stereocenters. The average molecular weight is 599 g/mol. The summed E-state index contributed by atoms with van der Waals surface area (Å²) in [5, 5.41) is 0. The van der Waals surface area contributed by atoms with Crippen molar-refractivity contribution < 1.29 is 4.11 Å². The van der Waals surface area contributed by atoms with Crippen LogP contribution in [0.2, 0.25) is 0 Å². The summed E-state index contributed by atoms with van der Waals surface area (Å²) in [7, 11) is 0. The van der Waals surface area contributed by atoms with Gasteiger partial charge in [-0.15, -0.1) is 0 Å². The molecule has 0 aliphatic carbocycles. The van der Waals surface area contributed by atoms with Gasteiger partial charge in [0.05, 0.1) is 55.5 Å². The number of rotatable bonds is 4. The molecule has 0 saturated heterocycles. The van der Waals surface area contributed by atoms with Gasteiger partial charge in [-0.25, -0.2) is 24.9 Å². The quantitative estimate of drug-likeness (QED) is 0.213. The molecular weight excluding hydrogens is 570 g/mol. The van der Waals surface area contributed by atoms with Crippen LogP contribution in [0.25, 0.3) is 67.1 Å². The Hall–Kier alpha value is -6.35. The van der Waals surface area contributed by atoms with Crippen molar-refractivity contribution in [3.05, 3.63) is 139 Å². The van der Waals surface area contributed by atoms with Crippen LogP contribution in [0.3, 0.4) is 0 Å². The summed E-state index contributed by atoms with van der Waals surface area (Å²) >= 11 is 0. The predicted molar refractivity (Wildman–Crippen MR) is 180 cm³/mol. The molecule has 0 fully saturated rings. The van der Waals surface area contributed by atoms with Crippen molar-refractivity contribution in [1.29, 1.82) is 0 Å². The lowest BCUT2D eigenvalue weighted by atomic mass is 10.1. The van der Waals surface area contributed by atoms with E-state index in [0.717, 1.165) is 61.3 Å². The summed E-state index contributed by atoms with van der Waals surface area (Å²) in [5.41, 5.74) is 10.1. The van der Waals surface area contributed by atoms with Gasteiger partial charge >= 0.3 is 0 Å². The van der Waals surface area contributed by atoms with Crippen LogP contribution in [0.5, 0.6) is 0 Å². The van der Waals surface area contributed by atoms with E-state index >= 15 is 0 Å². The lowest BCUT2D eigenvalue weighted by Crippen LogP contribution is -2.00. The van der Waals surface area contributed by atoms with E-state index in [-0.39, 0.29) is 5.56 Å². The molecule has 46 heavy (non-hydrogen) atoms. The van der Waals surface area contributed by atoms with Crippen LogP contribution >= 0.6 is 0 Å². The largest absolute Gasteiger partial charge is 0.278 e. The molecule has 0 aliphatic rings. The SMILES string of the molecule is [2H]C([2H])([2H])c1cccc2c1nc1n(-c3cccc(-n4c5ccccc5n5c6cccc(Cc7ncncn7)c6nc45)c3)c3ccccc3n21. The first-order chi connectivity index (χ1) is 24.0. The molecular formula is C37H25N9. The van der Waals surface area contributed by atoms with Crippen LogP contribution in [0.4, 0.5) is 0 Å². The standard InChI is InChI=1S/C37H25N9/c1-23-9-6-17-31-34(23)41-36-43(27-13-2-4-15-29(27)45(31)36)25-11-8-12-26(20-25)44-28-14-3-5-16-30(28)46-32-18-7-10-24(35(32)42-37(44)46)19-33-39-21-38-22-40-33/h2-18,20-22H,19H2,1H3/i1D3. The van der Waals surface area contributed by atoms with Gasteiger partial charge in [-0.3, -0.25) is 17.9 Å². The fraction of sp³-hybridized carbons (Fsp3) is 0.0541. The van der Waals surface area contributed by atoms with E-state index < -0.39 is 6.85 Å². The van der Waals surface area contributed by atoms with E-state index in [4.69, 9.17) is 14.1 Å². The van der Waals surface area contributed by atoms with Gasteiger partial charge in [-0.2, -0.15) is 0 Å². The zero-order valence-corrected chi connectivity index (χ0v) is 24.3. The molecule has 0 spiro atoms. The highest BCUT2D eigenvalue weighted by atomic mass is 15.2. The number of hydrogen-bond acceptors (Lipinski definition) is 5. The topological polar surface area (TPSA) is 83.1 Å². The second kappa shape index (κ2) is 9.33. The third-order valence-corrected chi connectivity index (χ3v) is 8.79. The maximum atomic E-state index is 8.17. The van der Waals surface area contributed by atoms with Gasteiger partial charge < -0.3 is 0 Å². The Bertz CT molecular complexity index is 2910. The molecule has 10 aromatic rings. The van der Waals surface area contributed by atoms with Crippen molar-refractivity contribution in [2.24, 2.45) is 0 Å². The van der Waals surface area contributed by atoms with Crippen LogP contribution in [0, 0.1) is 6.85 Å². The van der Waals surface area contributed by atoms with Crippen molar-refractivity contribution in [3.63, 3.8) is 0 Å². The fourth-order valence-corrected chi connectivity index (χ4v) is 6.85. The van der Waals surface area contributed by atoms with Gasteiger partial charge in [0.1, 0.15) is 18.5 Å². The number of hydrogen-bond donors (Lipinski definition) is 0. The van der Waals surface area contributed by atoms with Crippen LogP contribution in [0.15, 0.2) is 122 Å². The van der Waals surface area contributed by atoms with Crippen LogP contribution < -0.4 is 0 Å². The lowest BCUT2D eigenvalue weighted by molar-refractivity contribution is 0.920. The van der Waals surface area contributed by atoms with E-state index in [1.54, 1.807) is 12.1 Å². The highest BCUT2D eigenvalue weighted by Gasteiger charge is 2.21. The first-order valence-corrected chi connectivity index (χ1v) is 15.0. The number of fused-ring (bicyclic) bond motifs is 10. The summed E-state index contributed by atoms with van der Waals surface area (Å²) in [5.74, 6) is 2.11. The molecule has 218 valence electrons. The number of para-hydroxylation sites is 6. The smallest absolute Gasteiger partial charge is 0.220 e. The molecule has 5 aromatic carbocycles. The summed E-state index contributed by atoms with van der Waals surface area (Å²) in [6.07, 6.45) is 3.56. The molecule has 10 rings (SSSR count). The monoisotopic (exact) mass is 598 g/mol. The zero-order valence-electron chi connectivity index (χ0n) is 27.3. The second-order valence-electron chi connectivity index (χ2n) is 11.4. The Morgan fingerprint density at radius 3 is 1.76 bits per heavy atom. The maximum Gasteiger partial charge on any atom is 0.220 e. The second-order valence-corrected chi connectivity index (χ2v) is 11.4. The number of imidazole rings is 4. The molecule has 5 aromatic heterocycles. The molecule has 0 bridgehead atoms. The minimum atomic E-state index is -2.29. The fourth-order valence-electron chi connectivity index (χ4n) is 6.85. The highest BCUT2D eigenvalue weighted by Crippen LogP contribution is 2.34. The summed E-state index contributed by atoms with van der Waals surface area (Å²) in [6, 6.07) is 36.3. The Morgan fingerprint density at radius 2 is 1.11 bits per heavy atom. The summed E-state index contributed by atoms with van der Waals surface area (Å²) in [4.78, 5) is 22.9. The first kappa shape index (κ1) is 22.2. The van der Waals surface area contributed by atoms with Crippen molar-refractivity contribution in [3.8, 4) is 11.4 Å². The van der Waals surface area contributed by atoms with Crippen molar-refractivity contribution in [2.45, 2.75) is 13.3 Å². The Morgan fingerprint density at radius 1 is 0.565 bits per heavy atom. The molecule has 9 heteroatoms. The van der Waals surface area contributed by atoms with Crippen molar-refractivity contribution in [1.82, 2.24) is 42.9 Å². The third kappa shape index (κ3) is 3.42. The number of aromatic nitrogens is 9. The Balaban J connectivity index is 1.22. The first-order valence-electron chi connectivity index (χ1n) is 16.5. The number of nitrogens with zero attached hydrogens (tertiary/aromatic N) is 9. The molecule has 0 N–H and O–H groups in total. The Kier molecular flexibility index (Phi) is 4.50. The lowest BCUT2D eigenvalue weighted by Gasteiger charge is -2.10. The minimum Gasteiger partial charge on any atom is -0.278 e. The van der Waals surface area contributed by atoms with Crippen molar-refractivity contribution in [2.75, 3.05) is 0 Å². The van der Waals surface area contributed by atoms with Crippen LogP contribution in [-0.2, 0) is 6.42 Å². The van der Waals surface area contributed by atoms with Crippen molar-refractivity contribution >= 4 is 55.7 Å². The van der Waals surface area contributed by atoms with E-state index in [9.17, 15) is 0 Å². The molecule has 9 nitrogen and oxygen atoms in total. The predicted octanol–water partition coefficient (Wildman–Crippen LogP) is 7.26. The van der Waals surface area contributed by atoms with Gasteiger partial charge in [-0.1, -0.05) is 54.6 Å². The summed E-state index contributed by atoms with van der Waals surface area (Å²) in [6.45, 7) is -2.29. The van der Waals surface area contributed by atoms with Crippen LogP contribution in [-0.4, -0.2) is 42.9 Å². The molecule has 0 unspecified atom stereocenters. The van der Waals surface area contributed by atoms with E-state index in [0.29, 0.717) is 23.5 Å². The van der Waals surface area contributed by atoms with Crippen LogP contribution in [0.1, 0.15) is 21.1 Å². The van der Waals surface area contributed by atoms with Gasteiger partial charge in [0.2, 0.25) is 11.6 Å². The van der Waals surface area contributed by atoms with Gasteiger partial charge in [-0.05, 0) is 72.6 Å². The van der Waals surface area contributed by atoms with E-state index in [1.807, 2.05) is 52.9 Å². The highest BCUT2D eigenvalue weighted by molar-refractivity contribution is 5.95. The van der Waals surface area contributed by atoms with Gasteiger partial charge in [0.25, 0.3) is 0 Å². The third-order valence-electron chi connectivity index (χ3n) is 8.79.